The van der Waals surface area contributed by atoms with Crippen LogP contribution in [0, 0.1) is 3.57 Å². The minimum Gasteiger partial charge on any atom is -0.363 e. The molecule has 2 aromatic carbocycles. The molecule has 8 aromatic rings. The second-order valence-electron chi connectivity index (χ2n) is 19.6. The zero-order valence-corrected chi connectivity index (χ0v) is 50.2. The molecule has 0 aliphatic rings. The van der Waals surface area contributed by atoms with Crippen molar-refractivity contribution in [2.45, 2.75) is 64.8 Å². The third-order valence-electron chi connectivity index (χ3n) is 11.2. The van der Waals surface area contributed by atoms with E-state index in [1.54, 1.807) is 14.1 Å². The van der Waals surface area contributed by atoms with Gasteiger partial charge in [-0.2, -0.15) is 0 Å². The number of rotatable bonds is 13. The first-order chi connectivity index (χ1) is 32.8. The summed E-state index contributed by atoms with van der Waals surface area (Å²) in [5.74, 6) is 1.71. The SMILES string of the molecule is CN(C)c1ccc2ccc(-c3cn(COCC[Si](C)(C)C)c4nc(Cl)n(C)c(=O)c34)c(Cl)c2n1.CN(C)c1ccc2ccc(Br)c(Cl)c2n1.Cn1c(Cl)nc2c(c(I)cn2COCC[Si](C)(C)C)c1=O. The molecule has 0 atom stereocenters. The van der Waals surface area contributed by atoms with Gasteiger partial charge in [-0.25, -0.2) is 19.9 Å². The minimum absolute atomic E-state index is 0.118. The Bertz CT molecular complexity index is 3330. The van der Waals surface area contributed by atoms with Gasteiger partial charge in [0.2, 0.25) is 10.6 Å². The van der Waals surface area contributed by atoms with Gasteiger partial charge < -0.3 is 28.4 Å². The molecule has 0 spiro atoms. The first-order valence-corrected chi connectivity index (χ1v) is 33.1. The molecule has 6 heterocycles. The van der Waals surface area contributed by atoms with Crippen molar-refractivity contribution in [1.29, 1.82) is 0 Å². The molecule has 0 unspecified atom stereocenters. The Morgan fingerprint density at radius 1 is 0.600 bits per heavy atom. The van der Waals surface area contributed by atoms with E-state index in [0.29, 0.717) is 62.1 Å². The van der Waals surface area contributed by atoms with Gasteiger partial charge in [-0.05, 0) is 104 Å². The number of hydrogen-bond acceptors (Lipinski definition) is 10. The maximum atomic E-state index is 13.3. The smallest absolute Gasteiger partial charge is 0.264 e. The highest BCUT2D eigenvalue weighted by Gasteiger charge is 2.22. The number of halogens is 6. The minimum atomic E-state index is -1.22. The molecule has 0 saturated carbocycles. The lowest BCUT2D eigenvalue weighted by molar-refractivity contribution is 0.0897. The van der Waals surface area contributed by atoms with Crippen molar-refractivity contribution in [2.24, 2.45) is 14.1 Å². The van der Waals surface area contributed by atoms with Gasteiger partial charge in [0.15, 0.2) is 11.3 Å². The summed E-state index contributed by atoms with van der Waals surface area (Å²) in [4.78, 5) is 47.4. The van der Waals surface area contributed by atoms with Crippen molar-refractivity contribution in [2.75, 3.05) is 51.2 Å². The Morgan fingerprint density at radius 3 is 1.51 bits per heavy atom. The Hall–Kier alpha value is -3.58. The summed E-state index contributed by atoms with van der Waals surface area (Å²) in [6.45, 7) is 15.9. The van der Waals surface area contributed by atoms with Crippen LogP contribution in [0.3, 0.4) is 0 Å². The summed E-state index contributed by atoms with van der Waals surface area (Å²) >= 11 is 30.9. The summed E-state index contributed by atoms with van der Waals surface area (Å²) < 4.78 is 19.8. The zero-order chi connectivity index (χ0) is 51.6. The molecule has 0 aliphatic heterocycles. The fourth-order valence-electron chi connectivity index (χ4n) is 6.99. The molecular weight excluding hydrogens is 1190 g/mol. The van der Waals surface area contributed by atoms with Crippen molar-refractivity contribution < 1.29 is 9.47 Å². The average molecular weight is 1240 g/mol. The number of ether oxygens (including phenoxy) is 2. The van der Waals surface area contributed by atoms with Gasteiger partial charge in [-0.3, -0.25) is 18.7 Å². The molecule has 0 bridgehead atoms. The lowest BCUT2D eigenvalue weighted by Crippen LogP contribution is -2.22. The van der Waals surface area contributed by atoms with Crippen molar-refractivity contribution in [1.82, 2.24) is 38.2 Å². The molecule has 0 fully saturated rings. The molecule has 70 heavy (non-hydrogen) atoms. The molecule has 374 valence electrons. The number of pyridine rings is 2. The fraction of sp³-hybridized carbons (Fsp3) is 0.375. The van der Waals surface area contributed by atoms with Gasteiger partial charge >= 0.3 is 0 Å². The zero-order valence-electron chi connectivity index (χ0n) is 41.4. The van der Waals surface area contributed by atoms with Gasteiger partial charge in [0.25, 0.3) is 11.1 Å². The highest BCUT2D eigenvalue weighted by Crippen LogP contribution is 2.38. The topological polar surface area (TPSA) is 130 Å². The standard InChI is InChI=1S/C24H29Cl2N5O2Si.C13H19ClIN3O2Si.C11H10BrClN2/c1-29(2)18-10-8-15-7-9-16(20(25)21(15)27-18)17-13-31(14-33-11-12-34(4,5)6)22-19(17)23(32)30(3)24(26)28-22;1-17-12(19)10-9(15)7-18(11(10)16-13(17)14)8-20-5-6-21(2,3)4;1-15(2)9-6-4-7-3-5-8(12)10(13)11(7)14-9/h7-10,13H,11-12,14H2,1-6H3;7H,5-6,8H2,1-4H3;3-6H,1-2H3. The van der Waals surface area contributed by atoms with Crippen LogP contribution >= 0.6 is 84.9 Å². The molecule has 0 amide bonds. The average Bonchev–Trinajstić information content (AvgIpc) is 3.81. The molecule has 14 nitrogen and oxygen atoms in total. The second-order valence-corrected chi connectivity index (χ2v) is 34.3. The van der Waals surface area contributed by atoms with E-state index in [1.165, 1.54) is 9.13 Å². The van der Waals surface area contributed by atoms with Gasteiger partial charge in [-0.15, -0.1) is 0 Å². The fourth-order valence-corrected chi connectivity index (χ4v) is 10.5. The largest absolute Gasteiger partial charge is 0.363 e. The molecule has 0 N–H and O–H groups in total. The number of hydrogen-bond donors (Lipinski definition) is 0. The van der Waals surface area contributed by atoms with Crippen molar-refractivity contribution in [3.8, 4) is 11.1 Å². The molecule has 8 rings (SSSR count). The van der Waals surface area contributed by atoms with E-state index in [2.05, 4.69) is 92.8 Å². The summed E-state index contributed by atoms with van der Waals surface area (Å²) in [5, 5.41) is 4.47. The van der Waals surface area contributed by atoms with E-state index < -0.39 is 16.1 Å². The molecular formula is C48H58BrCl4IN10O4Si2. The second kappa shape index (κ2) is 23.1. The summed E-state index contributed by atoms with van der Waals surface area (Å²) in [6.07, 6.45) is 3.75. The van der Waals surface area contributed by atoms with Crippen LogP contribution in [0.2, 0.25) is 72.0 Å². The first kappa shape index (κ1) is 55.7. The third kappa shape index (κ3) is 13.1. The van der Waals surface area contributed by atoms with E-state index in [0.717, 1.165) is 54.7 Å². The van der Waals surface area contributed by atoms with Crippen LogP contribution in [-0.4, -0.2) is 95.8 Å². The lowest BCUT2D eigenvalue weighted by Gasteiger charge is -2.15. The van der Waals surface area contributed by atoms with E-state index in [9.17, 15) is 9.59 Å². The highest BCUT2D eigenvalue weighted by molar-refractivity contribution is 14.1. The van der Waals surface area contributed by atoms with Crippen LogP contribution in [0.5, 0.6) is 0 Å². The Morgan fingerprint density at radius 2 is 1.03 bits per heavy atom. The van der Waals surface area contributed by atoms with Crippen LogP contribution in [0.1, 0.15) is 0 Å². The van der Waals surface area contributed by atoms with Gasteiger partial charge in [0.05, 0.1) is 31.9 Å². The molecule has 6 aromatic heterocycles. The number of aromatic nitrogens is 8. The number of fused-ring (bicyclic) bond motifs is 4. The summed E-state index contributed by atoms with van der Waals surface area (Å²) in [7, 11) is 8.69. The van der Waals surface area contributed by atoms with Gasteiger partial charge in [-0.1, -0.05) is 80.7 Å². The Balaban J connectivity index is 0.000000189. The van der Waals surface area contributed by atoms with Crippen LogP contribution in [0.15, 0.2) is 75.0 Å². The quantitative estimate of drug-likeness (QED) is 0.0476. The van der Waals surface area contributed by atoms with Crippen molar-refractivity contribution in [3.05, 3.63) is 110 Å². The van der Waals surface area contributed by atoms with E-state index in [-0.39, 0.29) is 28.4 Å². The monoisotopic (exact) mass is 1240 g/mol. The summed E-state index contributed by atoms with van der Waals surface area (Å²) in [5.41, 5.74) is 3.59. The number of benzene rings is 2. The molecule has 22 heteroatoms. The van der Waals surface area contributed by atoms with Gasteiger partial charge in [0.1, 0.15) is 25.1 Å². The normalized spacial score (nSPS) is 11.9. The molecule has 0 aliphatic carbocycles. The Kier molecular flexibility index (Phi) is 18.4. The van der Waals surface area contributed by atoms with Gasteiger partial charge in [0, 0.05) is 114 Å². The van der Waals surface area contributed by atoms with Crippen LogP contribution in [0.25, 0.3) is 55.0 Å². The summed E-state index contributed by atoms with van der Waals surface area (Å²) in [6, 6.07) is 17.9. The van der Waals surface area contributed by atoms with Crippen LogP contribution in [-0.2, 0) is 37.0 Å². The predicted octanol–water partition coefficient (Wildman–Crippen LogP) is 12.7. The van der Waals surface area contributed by atoms with Crippen molar-refractivity contribution in [3.63, 3.8) is 0 Å². The third-order valence-corrected chi connectivity index (χ3v) is 17.8. The Labute approximate surface area is 452 Å². The lowest BCUT2D eigenvalue weighted by atomic mass is 10.0. The van der Waals surface area contributed by atoms with E-state index in [1.807, 2.05) is 108 Å². The molecule has 0 saturated heterocycles. The van der Waals surface area contributed by atoms with E-state index >= 15 is 0 Å². The first-order valence-electron chi connectivity index (χ1n) is 22.3. The highest BCUT2D eigenvalue weighted by atomic mass is 127. The predicted molar refractivity (Wildman–Crippen MR) is 310 cm³/mol. The maximum absolute atomic E-state index is 13.3. The number of nitrogens with zero attached hydrogens (tertiary/aromatic N) is 10. The van der Waals surface area contributed by atoms with Crippen LogP contribution in [0.4, 0.5) is 11.6 Å². The molecule has 0 radical (unpaired) electrons. The van der Waals surface area contributed by atoms with Crippen LogP contribution < -0.4 is 20.9 Å². The maximum Gasteiger partial charge on any atom is 0.264 e. The van der Waals surface area contributed by atoms with E-state index in [4.69, 9.17) is 60.9 Å². The number of anilines is 2. The van der Waals surface area contributed by atoms with Crippen molar-refractivity contribution >= 4 is 157 Å².